The van der Waals surface area contributed by atoms with Gasteiger partial charge in [0.05, 0.1) is 5.56 Å². The van der Waals surface area contributed by atoms with Crippen molar-refractivity contribution in [2.75, 3.05) is 0 Å². The summed E-state index contributed by atoms with van der Waals surface area (Å²) in [6.45, 7) is 3.84. The summed E-state index contributed by atoms with van der Waals surface area (Å²) < 4.78 is 0. The topological polar surface area (TPSA) is 37.3 Å². The highest BCUT2D eigenvalue weighted by Gasteiger charge is 2.13. The first-order valence-corrected chi connectivity index (χ1v) is 5.98. The molecule has 0 aliphatic carbocycles. The lowest BCUT2D eigenvalue weighted by atomic mass is 9.94. The normalized spacial score (nSPS) is 10.4. The first-order chi connectivity index (χ1) is 8.50. The molecule has 0 saturated heterocycles. The van der Waals surface area contributed by atoms with Crippen LogP contribution in [0, 0.1) is 13.8 Å². The van der Waals surface area contributed by atoms with Gasteiger partial charge in [-0.15, -0.1) is 0 Å². The number of hydrogen-bond acceptors (Lipinski definition) is 1. The van der Waals surface area contributed by atoms with Crippen LogP contribution in [0.1, 0.15) is 21.5 Å². The second kappa shape index (κ2) is 4.83. The molecule has 0 unspecified atom stereocenters. The quantitative estimate of drug-likeness (QED) is 0.873. The summed E-state index contributed by atoms with van der Waals surface area (Å²) in [5, 5.41) is 9.91. The van der Waals surface area contributed by atoms with Gasteiger partial charge < -0.3 is 5.11 Å². The highest BCUT2D eigenvalue weighted by atomic mass is 35.5. The summed E-state index contributed by atoms with van der Waals surface area (Å²) in [6.07, 6.45) is 0. The molecule has 2 aromatic rings. The Morgan fingerprint density at radius 3 is 2.39 bits per heavy atom. The van der Waals surface area contributed by atoms with Crippen LogP contribution in [0.3, 0.4) is 0 Å². The van der Waals surface area contributed by atoms with E-state index >= 15 is 0 Å². The number of aromatic carboxylic acids is 1. The van der Waals surface area contributed by atoms with E-state index in [2.05, 4.69) is 0 Å². The summed E-state index contributed by atoms with van der Waals surface area (Å²) in [5.41, 5.74) is 3.86. The van der Waals surface area contributed by atoms with Gasteiger partial charge in [-0.05, 0) is 54.3 Å². The van der Waals surface area contributed by atoms with Gasteiger partial charge in [-0.1, -0.05) is 29.8 Å². The van der Waals surface area contributed by atoms with Crippen molar-refractivity contribution in [1.29, 1.82) is 0 Å². The minimum atomic E-state index is -0.919. The van der Waals surface area contributed by atoms with Gasteiger partial charge in [0.15, 0.2) is 0 Å². The summed E-state index contributed by atoms with van der Waals surface area (Å²) in [5.74, 6) is -0.919. The first kappa shape index (κ1) is 12.7. The molecule has 0 heterocycles. The fourth-order valence-corrected chi connectivity index (χ4v) is 2.19. The van der Waals surface area contributed by atoms with E-state index in [4.69, 9.17) is 11.6 Å². The summed E-state index contributed by atoms with van der Waals surface area (Å²) in [7, 11) is 0. The van der Waals surface area contributed by atoms with Crippen LogP contribution in [0.15, 0.2) is 36.4 Å². The standard InChI is InChI=1S/C15H13ClO2/c1-9-8-14(16)10(2)7-13(9)11-5-3-4-6-12(11)15(17)18/h3-8H,1-2H3,(H,17,18). The Balaban J connectivity index is 2.69. The predicted molar refractivity (Wildman–Crippen MR) is 73.3 cm³/mol. The van der Waals surface area contributed by atoms with Crippen molar-refractivity contribution in [2.45, 2.75) is 13.8 Å². The average Bonchev–Trinajstić information content (AvgIpc) is 2.34. The van der Waals surface area contributed by atoms with E-state index in [1.54, 1.807) is 12.1 Å². The molecule has 2 rings (SSSR count). The summed E-state index contributed by atoms with van der Waals surface area (Å²) >= 11 is 6.06. The van der Waals surface area contributed by atoms with Gasteiger partial charge in [-0.25, -0.2) is 4.79 Å². The molecule has 92 valence electrons. The van der Waals surface area contributed by atoms with Crippen LogP contribution < -0.4 is 0 Å². The Labute approximate surface area is 111 Å². The number of carboxylic acid groups (broad SMARTS) is 1. The fraction of sp³-hybridized carbons (Fsp3) is 0.133. The number of hydrogen-bond donors (Lipinski definition) is 1. The smallest absolute Gasteiger partial charge is 0.336 e. The third-order valence-corrected chi connectivity index (χ3v) is 3.36. The first-order valence-electron chi connectivity index (χ1n) is 5.60. The minimum absolute atomic E-state index is 0.308. The molecule has 0 bridgehead atoms. The van der Waals surface area contributed by atoms with E-state index < -0.39 is 5.97 Å². The molecule has 2 nitrogen and oxygen atoms in total. The van der Waals surface area contributed by atoms with E-state index in [0.717, 1.165) is 22.3 Å². The highest BCUT2D eigenvalue weighted by Crippen LogP contribution is 2.31. The van der Waals surface area contributed by atoms with Crippen molar-refractivity contribution in [2.24, 2.45) is 0 Å². The molecule has 0 atom stereocenters. The van der Waals surface area contributed by atoms with Crippen LogP contribution in [0.25, 0.3) is 11.1 Å². The van der Waals surface area contributed by atoms with E-state index in [1.807, 2.05) is 38.1 Å². The molecule has 0 aliphatic heterocycles. The molecule has 0 saturated carbocycles. The van der Waals surface area contributed by atoms with Crippen LogP contribution in [0.2, 0.25) is 5.02 Å². The van der Waals surface area contributed by atoms with Gasteiger partial charge in [-0.3, -0.25) is 0 Å². The molecular weight excluding hydrogens is 248 g/mol. The Bertz CT molecular complexity index is 618. The molecule has 18 heavy (non-hydrogen) atoms. The largest absolute Gasteiger partial charge is 0.478 e. The molecule has 3 heteroatoms. The van der Waals surface area contributed by atoms with Gasteiger partial charge in [0.25, 0.3) is 0 Å². The third kappa shape index (κ3) is 2.24. The van der Waals surface area contributed by atoms with E-state index in [1.165, 1.54) is 0 Å². The van der Waals surface area contributed by atoms with Crippen LogP contribution in [0.5, 0.6) is 0 Å². The summed E-state index contributed by atoms with van der Waals surface area (Å²) in [4.78, 5) is 11.2. The number of carbonyl (C=O) groups is 1. The van der Waals surface area contributed by atoms with Crippen LogP contribution in [-0.4, -0.2) is 11.1 Å². The van der Waals surface area contributed by atoms with Crippen molar-refractivity contribution >= 4 is 17.6 Å². The van der Waals surface area contributed by atoms with E-state index in [0.29, 0.717) is 10.6 Å². The van der Waals surface area contributed by atoms with Crippen LogP contribution in [0.4, 0.5) is 0 Å². The Morgan fingerprint density at radius 2 is 1.72 bits per heavy atom. The maximum absolute atomic E-state index is 11.2. The third-order valence-electron chi connectivity index (χ3n) is 2.95. The lowest BCUT2D eigenvalue weighted by Crippen LogP contribution is -2.00. The lowest BCUT2D eigenvalue weighted by molar-refractivity contribution is 0.0698. The number of benzene rings is 2. The van der Waals surface area contributed by atoms with Crippen molar-refractivity contribution in [3.05, 3.63) is 58.1 Å². The number of halogens is 1. The lowest BCUT2D eigenvalue weighted by Gasteiger charge is -2.11. The molecular formula is C15H13ClO2. The molecule has 0 spiro atoms. The van der Waals surface area contributed by atoms with Crippen LogP contribution >= 0.6 is 11.6 Å². The minimum Gasteiger partial charge on any atom is -0.478 e. The Kier molecular flexibility index (Phi) is 3.39. The second-order valence-corrected chi connectivity index (χ2v) is 4.67. The zero-order valence-electron chi connectivity index (χ0n) is 10.2. The van der Waals surface area contributed by atoms with E-state index in [9.17, 15) is 9.90 Å². The molecule has 2 aromatic carbocycles. The molecule has 0 fully saturated rings. The average molecular weight is 261 g/mol. The number of carboxylic acids is 1. The SMILES string of the molecule is Cc1cc(-c2ccccc2C(=O)O)c(C)cc1Cl. The molecule has 0 amide bonds. The van der Waals surface area contributed by atoms with Crippen molar-refractivity contribution in [3.63, 3.8) is 0 Å². The van der Waals surface area contributed by atoms with Crippen molar-refractivity contribution in [1.82, 2.24) is 0 Å². The number of aryl methyl sites for hydroxylation is 2. The predicted octanol–water partition coefficient (Wildman–Crippen LogP) is 4.32. The molecule has 0 radical (unpaired) electrons. The zero-order chi connectivity index (χ0) is 13.3. The van der Waals surface area contributed by atoms with Crippen molar-refractivity contribution in [3.8, 4) is 11.1 Å². The van der Waals surface area contributed by atoms with Crippen LogP contribution in [-0.2, 0) is 0 Å². The highest BCUT2D eigenvalue weighted by molar-refractivity contribution is 6.31. The molecule has 0 aliphatic rings. The maximum atomic E-state index is 11.2. The van der Waals surface area contributed by atoms with Gasteiger partial charge >= 0.3 is 5.97 Å². The maximum Gasteiger partial charge on any atom is 0.336 e. The Morgan fingerprint density at radius 1 is 1.06 bits per heavy atom. The summed E-state index contributed by atoms with van der Waals surface area (Å²) in [6, 6.07) is 10.8. The monoisotopic (exact) mass is 260 g/mol. The van der Waals surface area contributed by atoms with Gasteiger partial charge in [-0.2, -0.15) is 0 Å². The fourth-order valence-electron chi connectivity index (χ4n) is 1.98. The van der Waals surface area contributed by atoms with Gasteiger partial charge in [0.2, 0.25) is 0 Å². The molecule has 1 N–H and O–H groups in total. The molecule has 0 aromatic heterocycles. The second-order valence-electron chi connectivity index (χ2n) is 4.27. The van der Waals surface area contributed by atoms with Gasteiger partial charge in [0.1, 0.15) is 0 Å². The van der Waals surface area contributed by atoms with E-state index in [-0.39, 0.29) is 0 Å². The number of rotatable bonds is 2. The van der Waals surface area contributed by atoms with Gasteiger partial charge in [0, 0.05) is 5.02 Å². The Hall–Kier alpha value is -1.80. The van der Waals surface area contributed by atoms with Crippen molar-refractivity contribution < 1.29 is 9.90 Å². The zero-order valence-corrected chi connectivity index (χ0v) is 11.0.